The van der Waals surface area contributed by atoms with Gasteiger partial charge < -0.3 is 0 Å². The summed E-state index contributed by atoms with van der Waals surface area (Å²) < 4.78 is 2.54. The van der Waals surface area contributed by atoms with Gasteiger partial charge in [0.05, 0.1) is 0 Å². The van der Waals surface area contributed by atoms with Gasteiger partial charge in [0.25, 0.3) is 0 Å². The van der Waals surface area contributed by atoms with Gasteiger partial charge in [-0.15, -0.1) is 0 Å². The summed E-state index contributed by atoms with van der Waals surface area (Å²) in [4.78, 5) is 0. The summed E-state index contributed by atoms with van der Waals surface area (Å²) in [5.74, 6) is 0.684. The van der Waals surface area contributed by atoms with Crippen molar-refractivity contribution in [3.8, 4) is 0 Å². The lowest BCUT2D eigenvalue weighted by atomic mass is 10.1. The lowest BCUT2D eigenvalue weighted by Gasteiger charge is -2.05. The fourth-order valence-electron chi connectivity index (χ4n) is 3.13. The lowest BCUT2D eigenvalue weighted by Crippen LogP contribution is -2.18. The predicted molar refractivity (Wildman–Crippen MR) is 102 cm³/mol. The van der Waals surface area contributed by atoms with E-state index in [1.807, 2.05) is 0 Å². The third kappa shape index (κ3) is 16.0. The van der Waals surface area contributed by atoms with Crippen LogP contribution in [0.5, 0.6) is 0 Å². The zero-order chi connectivity index (χ0) is 16.5. The second kappa shape index (κ2) is 17.0. The van der Waals surface area contributed by atoms with Crippen LogP contribution in [-0.4, -0.2) is 23.9 Å². The minimum atomic E-state index is 0.684. The van der Waals surface area contributed by atoms with Crippen LogP contribution in [0.3, 0.4) is 0 Å². The van der Waals surface area contributed by atoms with Crippen LogP contribution in [0.1, 0.15) is 111 Å². The summed E-state index contributed by atoms with van der Waals surface area (Å²) in [5.41, 5.74) is 0. The fraction of sp³-hybridized carbons (Fsp3) is 0.952. The van der Waals surface area contributed by atoms with Crippen LogP contribution < -0.4 is 0 Å². The van der Waals surface area contributed by atoms with Gasteiger partial charge in [0.2, 0.25) is 0 Å². The molecule has 0 atom stereocenters. The van der Waals surface area contributed by atoms with Gasteiger partial charge in [-0.3, -0.25) is 0 Å². The van der Waals surface area contributed by atoms with Gasteiger partial charge in [-0.25, -0.2) is 4.58 Å². The molecule has 132 valence electrons. The summed E-state index contributed by atoms with van der Waals surface area (Å²) in [6, 6.07) is 0. The average Bonchev–Trinajstić information content (AvgIpc) is 2.48. The van der Waals surface area contributed by atoms with Crippen LogP contribution in [0.15, 0.2) is 0 Å². The van der Waals surface area contributed by atoms with Crippen molar-refractivity contribution in [1.82, 2.24) is 0 Å². The van der Waals surface area contributed by atoms with E-state index in [4.69, 9.17) is 0 Å². The molecule has 0 aliphatic rings. The number of nitrogens with zero attached hydrogens (tertiary/aromatic N) is 1. The van der Waals surface area contributed by atoms with Gasteiger partial charge in [-0.2, -0.15) is 0 Å². The van der Waals surface area contributed by atoms with Gasteiger partial charge in [-0.1, -0.05) is 91.9 Å². The highest BCUT2D eigenvalue weighted by Gasteiger charge is 2.04. The Labute approximate surface area is 141 Å². The summed E-state index contributed by atoms with van der Waals surface area (Å²) in [7, 11) is 0. The Bertz CT molecular complexity index is 242. The van der Waals surface area contributed by atoms with Crippen molar-refractivity contribution in [1.29, 1.82) is 0 Å². The molecule has 0 aromatic carbocycles. The third-order valence-corrected chi connectivity index (χ3v) is 4.32. The largest absolute Gasteiger partial charge is 0.239 e. The van der Waals surface area contributed by atoms with Crippen LogP contribution in [0, 0.1) is 5.92 Å². The Hall–Kier alpha value is -0.330. The normalized spacial score (nSPS) is 12.3. The number of unbranched alkanes of at least 4 members (excludes halogenated alkanes) is 11. The molecule has 0 rings (SSSR count). The maximum absolute atomic E-state index is 2.54. The van der Waals surface area contributed by atoms with Crippen molar-refractivity contribution in [2.75, 3.05) is 13.1 Å². The van der Waals surface area contributed by atoms with Crippen LogP contribution in [0.25, 0.3) is 0 Å². The van der Waals surface area contributed by atoms with E-state index in [0.717, 1.165) is 0 Å². The Kier molecular flexibility index (Phi) is 16.8. The standard InChI is InChI=1S/C21H44N/c1-5-7-8-9-10-11-12-13-14-15-16-17-19-22(18-6-2)20-21(3)4/h20-21H,5-19H2,1-4H3/q+1. The highest BCUT2D eigenvalue weighted by atomic mass is 15.0. The van der Waals surface area contributed by atoms with Crippen molar-refractivity contribution < 1.29 is 4.58 Å². The minimum Gasteiger partial charge on any atom is -0.239 e. The maximum atomic E-state index is 2.54. The van der Waals surface area contributed by atoms with Crippen molar-refractivity contribution in [3.05, 3.63) is 0 Å². The molecule has 0 aromatic rings. The molecule has 0 bridgehead atoms. The Morgan fingerprint density at radius 2 is 1.05 bits per heavy atom. The first-order valence-corrected chi connectivity index (χ1v) is 10.3. The van der Waals surface area contributed by atoms with Gasteiger partial charge >= 0.3 is 0 Å². The molecule has 0 N–H and O–H groups in total. The van der Waals surface area contributed by atoms with Crippen LogP contribution in [0.4, 0.5) is 0 Å². The molecule has 0 unspecified atom stereocenters. The predicted octanol–water partition coefficient (Wildman–Crippen LogP) is 6.84. The van der Waals surface area contributed by atoms with E-state index in [2.05, 4.69) is 38.5 Å². The van der Waals surface area contributed by atoms with Crippen LogP contribution >= 0.6 is 0 Å². The molecule has 1 nitrogen and oxygen atoms in total. The molecular weight excluding hydrogens is 266 g/mol. The van der Waals surface area contributed by atoms with Crippen LogP contribution in [-0.2, 0) is 0 Å². The number of hydrogen-bond donors (Lipinski definition) is 0. The van der Waals surface area contributed by atoms with Gasteiger partial charge in [0, 0.05) is 18.8 Å². The molecule has 0 aromatic heterocycles. The average molecular weight is 311 g/mol. The molecule has 0 saturated heterocycles. The topological polar surface area (TPSA) is 3.01 Å². The molecule has 0 saturated carbocycles. The van der Waals surface area contributed by atoms with E-state index in [1.54, 1.807) is 0 Å². The summed E-state index contributed by atoms with van der Waals surface area (Å²) in [5, 5.41) is 0. The van der Waals surface area contributed by atoms with Crippen molar-refractivity contribution in [3.63, 3.8) is 0 Å². The molecule has 0 aliphatic carbocycles. The molecule has 1 heteroatoms. The van der Waals surface area contributed by atoms with E-state index < -0.39 is 0 Å². The first kappa shape index (κ1) is 21.7. The lowest BCUT2D eigenvalue weighted by molar-refractivity contribution is -0.526. The fourth-order valence-corrected chi connectivity index (χ4v) is 3.13. The number of rotatable bonds is 16. The first-order valence-electron chi connectivity index (χ1n) is 10.3. The second-order valence-electron chi connectivity index (χ2n) is 7.32. The van der Waals surface area contributed by atoms with Crippen LogP contribution in [0.2, 0.25) is 0 Å². The SMILES string of the molecule is CCCCCCCCCCCCCC[N+](=CC(C)C)CCC. The van der Waals surface area contributed by atoms with Gasteiger partial charge in [0.15, 0.2) is 0 Å². The molecule has 0 fully saturated rings. The van der Waals surface area contributed by atoms with E-state index >= 15 is 0 Å². The van der Waals surface area contributed by atoms with Crippen molar-refractivity contribution in [2.24, 2.45) is 5.92 Å². The summed E-state index contributed by atoms with van der Waals surface area (Å²) in [6.07, 6.45) is 21.0. The zero-order valence-corrected chi connectivity index (χ0v) is 16.2. The zero-order valence-electron chi connectivity index (χ0n) is 16.2. The Morgan fingerprint density at radius 3 is 1.45 bits per heavy atom. The first-order chi connectivity index (χ1) is 10.7. The highest BCUT2D eigenvalue weighted by Crippen LogP contribution is 2.11. The molecular formula is C21H44N+. The minimum absolute atomic E-state index is 0.684. The maximum Gasteiger partial charge on any atom is 0.142 e. The molecule has 0 amide bonds. The highest BCUT2D eigenvalue weighted by molar-refractivity contribution is 5.53. The van der Waals surface area contributed by atoms with Crippen molar-refractivity contribution in [2.45, 2.75) is 111 Å². The molecule has 0 radical (unpaired) electrons. The third-order valence-electron chi connectivity index (χ3n) is 4.32. The smallest absolute Gasteiger partial charge is 0.142 e. The molecule has 0 spiro atoms. The second-order valence-corrected chi connectivity index (χ2v) is 7.32. The van der Waals surface area contributed by atoms with Gasteiger partial charge in [0.1, 0.15) is 19.3 Å². The summed E-state index contributed by atoms with van der Waals surface area (Å²) in [6.45, 7) is 11.6. The number of hydrogen-bond acceptors (Lipinski definition) is 0. The molecule has 22 heavy (non-hydrogen) atoms. The molecule has 0 aliphatic heterocycles. The summed E-state index contributed by atoms with van der Waals surface area (Å²) >= 11 is 0. The van der Waals surface area contributed by atoms with E-state index in [0.29, 0.717) is 5.92 Å². The monoisotopic (exact) mass is 310 g/mol. The Balaban J connectivity index is 3.35. The van der Waals surface area contributed by atoms with E-state index in [1.165, 1.54) is 96.6 Å². The van der Waals surface area contributed by atoms with E-state index in [-0.39, 0.29) is 0 Å². The quantitative estimate of drug-likeness (QED) is 0.167. The Morgan fingerprint density at radius 1 is 0.591 bits per heavy atom. The van der Waals surface area contributed by atoms with E-state index in [9.17, 15) is 0 Å². The molecule has 0 heterocycles. The van der Waals surface area contributed by atoms with Crippen molar-refractivity contribution >= 4 is 6.21 Å². The van der Waals surface area contributed by atoms with Gasteiger partial charge in [-0.05, 0) is 6.42 Å².